The Morgan fingerprint density at radius 3 is 2.63 bits per heavy atom. The lowest BCUT2D eigenvalue weighted by molar-refractivity contribution is -0.202. The smallest absolute Gasteiger partial charge is 0.301 e. The van der Waals surface area contributed by atoms with E-state index in [9.17, 15) is 0 Å². The minimum Gasteiger partial charge on any atom is -0.456 e. The molecule has 3 fully saturated rings. The summed E-state index contributed by atoms with van der Waals surface area (Å²) < 4.78 is 39.0. The average Bonchev–Trinajstić information content (AvgIpc) is 3.48. The summed E-state index contributed by atoms with van der Waals surface area (Å²) in [4.78, 5) is 9.20. The highest BCUT2D eigenvalue weighted by Gasteiger charge is 2.50. The predicted octanol–water partition coefficient (Wildman–Crippen LogP) is 4.46. The lowest BCUT2D eigenvalue weighted by Crippen LogP contribution is -2.38. The SMILES string of the molecule is C[Si](C)(C)CCOCn1c(O[C@@H]2CO[C@H]3[C@@H]2OC[C@H]3OC2CCCCO2)nc2nc(I)c(Cl)cc21. The van der Waals surface area contributed by atoms with Crippen molar-refractivity contribution < 1.29 is 28.4 Å². The molecule has 2 aromatic rings. The summed E-state index contributed by atoms with van der Waals surface area (Å²) in [6.07, 6.45) is 2.02. The van der Waals surface area contributed by atoms with Gasteiger partial charge in [-0.2, -0.15) is 4.98 Å². The van der Waals surface area contributed by atoms with E-state index < -0.39 is 8.07 Å². The second-order valence-electron chi connectivity index (χ2n) is 10.5. The zero-order chi connectivity index (χ0) is 24.6. The molecule has 0 amide bonds. The molecule has 0 N–H and O–H groups in total. The average molecular weight is 638 g/mol. The lowest BCUT2D eigenvalue weighted by Gasteiger charge is -2.27. The summed E-state index contributed by atoms with van der Waals surface area (Å²) in [6.45, 7) is 9.58. The van der Waals surface area contributed by atoms with E-state index in [-0.39, 0.29) is 30.7 Å². The first-order valence-corrected chi connectivity index (χ1v) is 17.4. The minimum absolute atomic E-state index is 0.164. The van der Waals surface area contributed by atoms with Gasteiger partial charge in [-0.3, -0.25) is 4.57 Å². The van der Waals surface area contributed by atoms with Crippen molar-refractivity contribution in [1.82, 2.24) is 14.5 Å². The van der Waals surface area contributed by atoms with Gasteiger partial charge in [0.25, 0.3) is 0 Å². The van der Waals surface area contributed by atoms with Gasteiger partial charge in [-0.05, 0) is 54.0 Å². The third kappa shape index (κ3) is 6.14. The van der Waals surface area contributed by atoms with Gasteiger partial charge in [0.1, 0.15) is 28.7 Å². The Bertz CT molecular complexity index is 1030. The highest BCUT2D eigenvalue weighted by Crippen LogP contribution is 2.34. The number of ether oxygens (including phenoxy) is 6. The summed E-state index contributed by atoms with van der Waals surface area (Å²) >= 11 is 8.49. The van der Waals surface area contributed by atoms with Crippen LogP contribution in [0.4, 0.5) is 0 Å². The van der Waals surface area contributed by atoms with Gasteiger partial charge < -0.3 is 28.4 Å². The summed E-state index contributed by atoms with van der Waals surface area (Å²) in [5.74, 6) is 0. The Hall–Kier alpha value is -0.543. The van der Waals surface area contributed by atoms with E-state index in [0.717, 1.165) is 37.4 Å². The first kappa shape index (κ1) is 26.1. The first-order chi connectivity index (χ1) is 16.8. The highest BCUT2D eigenvalue weighted by molar-refractivity contribution is 14.1. The lowest BCUT2D eigenvalue weighted by atomic mass is 10.1. The predicted molar refractivity (Wildman–Crippen MR) is 142 cm³/mol. The van der Waals surface area contributed by atoms with Crippen molar-refractivity contribution >= 4 is 53.4 Å². The van der Waals surface area contributed by atoms with E-state index in [1.54, 1.807) is 0 Å². The molecule has 0 aliphatic carbocycles. The number of fused-ring (bicyclic) bond motifs is 2. The maximum absolute atomic E-state index is 6.38. The standard InChI is InChI=1S/C23H33ClIN3O6Si/c1-35(2,3)9-8-29-13-28-15-10-14(24)21(25)26-22(15)27-23(28)34-17-12-32-19-16(11-31-20(17)19)33-18-6-4-5-7-30-18/h10,16-20H,4-9,11-13H2,1-3H3/t16-,17-,18?,19-,20-/m1/s1. The zero-order valence-corrected chi connectivity index (χ0v) is 24.3. The molecule has 0 aromatic carbocycles. The quantitative estimate of drug-likeness (QED) is 0.173. The van der Waals surface area contributed by atoms with Crippen LogP contribution in [0.1, 0.15) is 19.3 Å². The number of aromatic nitrogens is 3. The van der Waals surface area contributed by atoms with Crippen LogP contribution in [0.15, 0.2) is 6.07 Å². The largest absolute Gasteiger partial charge is 0.456 e. The molecular weight excluding hydrogens is 605 g/mol. The van der Waals surface area contributed by atoms with Crippen molar-refractivity contribution in [2.24, 2.45) is 0 Å². The van der Waals surface area contributed by atoms with Gasteiger partial charge >= 0.3 is 6.01 Å². The van der Waals surface area contributed by atoms with E-state index in [2.05, 4.69) is 52.2 Å². The molecule has 35 heavy (non-hydrogen) atoms. The molecule has 3 aliphatic heterocycles. The third-order valence-electron chi connectivity index (χ3n) is 6.52. The van der Waals surface area contributed by atoms with Crippen LogP contribution < -0.4 is 4.74 Å². The van der Waals surface area contributed by atoms with Gasteiger partial charge in [-0.1, -0.05) is 31.2 Å². The van der Waals surface area contributed by atoms with Crippen molar-refractivity contribution in [1.29, 1.82) is 0 Å². The molecule has 194 valence electrons. The molecule has 12 heteroatoms. The molecule has 1 unspecified atom stereocenters. The fourth-order valence-electron chi connectivity index (χ4n) is 4.53. The Labute approximate surface area is 225 Å². The van der Waals surface area contributed by atoms with Crippen LogP contribution in [-0.2, 0) is 30.4 Å². The molecule has 0 bridgehead atoms. The van der Waals surface area contributed by atoms with Crippen LogP contribution in [0.3, 0.4) is 0 Å². The fraction of sp³-hybridized carbons (Fsp3) is 0.739. The molecular formula is C23H33ClIN3O6Si. The van der Waals surface area contributed by atoms with E-state index in [4.69, 9.17) is 40.0 Å². The molecule has 2 aromatic heterocycles. The zero-order valence-electron chi connectivity index (χ0n) is 20.4. The second kappa shape index (κ2) is 11.1. The molecule has 3 aliphatic rings. The van der Waals surface area contributed by atoms with Gasteiger partial charge in [-0.15, -0.1) is 0 Å². The van der Waals surface area contributed by atoms with E-state index in [0.29, 0.717) is 46.9 Å². The number of hydrogen-bond donors (Lipinski definition) is 0. The highest BCUT2D eigenvalue weighted by atomic mass is 127. The van der Waals surface area contributed by atoms with Crippen LogP contribution in [0.5, 0.6) is 6.01 Å². The van der Waals surface area contributed by atoms with Gasteiger partial charge in [-0.25, -0.2) is 4.98 Å². The van der Waals surface area contributed by atoms with E-state index >= 15 is 0 Å². The monoisotopic (exact) mass is 637 g/mol. The van der Waals surface area contributed by atoms with Gasteiger partial charge in [0, 0.05) is 21.3 Å². The van der Waals surface area contributed by atoms with Crippen LogP contribution in [0.25, 0.3) is 11.2 Å². The van der Waals surface area contributed by atoms with Gasteiger partial charge in [0.05, 0.1) is 23.8 Å². The number of nitrogens with zero attached hydrogens (tertiary/aromatic N) is 3. The fourth-order valence-corrected chi connectivity index (χ4v) is 5.81. The van der Waals surface area contributed by atoms with Gasteiger partial charge in [0.2, 0.25) is 0 Å². The number of imidazole rings is 1. The van der Waals surface area contributed by atoms with E-state index in [1.165, 1.54) is 0 Å². The number of pyridine rings is 1. The second-order valence-corrected chi connectivity index (χ2v) is 17.5. The normalized spacial score (nSPS) is 29.1. The molecule has 3 saturated heterocycles. The van der Waals surface area contributed by atoms with Crippen LogP contribution in [0, 0.1) is 3.70 Å². The van der Waals surface area contributed by atoms with Crippen LogP contribution in [-0.4, -0.2) is 79.7 Å². The molecule has 5 heterocycles. The van der Waals surface area contributed by atoms with Crippen molar-refractivity contribution in [3.63, 3.8) is 0 Å². The molecule has 9 nitrogen and oxygen atoms in total. The Balaban J connectivity index is 1.29. The topological polar surface area (TPSA) is 86.1 Å². The summed E-state index contributed by atoms with van der Waals surface area (Å²) in [7, 11) is -1.20. The number of hydrogen-bond acceptors (Lipinski definition) is 8. The van der Waals surface area contributed by atoms with E-state index in [1.807, 2.05) is 10.6 Å². The summed E-state index contributed by atoms with van der Waals surface area (Å²) in [5, 5.41) is 0.571. The van der Waals surface area contributed by atoms with Crippen LogP contribution in [0.2, 0.25) is 30.7 Å². The summed E-state index contributed by atoms with van der Waals surface area (Å²) in [6, 6.07) is 3.37. The third-order valence-corrected chi connectivity index (χ3v) is 9.65. The van der Waals surface area contributed by atoms with Crippen molar-refractivity contribution in [3.05, 3.63) is 14.8 Å². The van der Waals surface area contributed by atoms with Crippen molar-refractivity contribution in [3.8, 4) is 6.01 Å². The van der Waals surface area contributed by atoms with Crippen molar-refractivity contribution in [2.45, 2.75) is 82.4 Å². The molecule has 0 radical (unpaired) electrons. The molecule has 0 saturated carbocycles. The van der Waals surface area contributed by atoms with Crippen LogP contribution >= 0.6 is 34.2 Å². The molecule has 5 rings (SSSR count). The number of rotatable bonds is 9. The number of halogens is 2. The molecule has 0 spiro atoms. The first-order valence-electron chi connectivity index (χ1n) is 12.3. The Morgan fingerprint density at radius 1 is 1.11 bits per heavy atom. The van der Waals surface area contributed by atoms with Crippen molar-refractivity contribution in [2.75, 3.05) is 26.4 Å². The minimum atomic E-state index is -1.20. The Morgan fingerprint density at radius 2 is 1.89 bits per heavy atom. The van der Waals surface area contributed by atoms with Gasteiger partial charge in [0.15, 0.2) is 18.0 Å². The maximum atomic E-state index is 6.38. The summed E-state index contributed by atoms with van der Waals surface area (Å²) in [5.41, 5.74) is 1.35. The maximum Gasteiger partial charge on any atom is 0.301 e. The molecule has 5 atom stereocenters. The Kier molecular flexibility index (Phi) is 8.24.